The Hall–Kier alpha value is -6.64. The van der Waals surface area contributed by atoms with Crippen molar-refractivity contribution < 1.29 is 18.4 Å². The molecule has 0 fully saturated rings. The number of benzene rings is 5. The second-order valence-electron chi connectivity index (χ2n) is 12.4. The Balaban J connectivity index is 1.16. The van der Waals surface area contributed by atoms with Crippen molar-refractivity contribution in [1.29, 1.82) is 0 Å². The van der Waals surface area contributed by atoms with Crippen LogP contribution >= 0.6 is 24.4 Å². The van der Waals surface area contributed by atoms with Gasteiger partial charge in [0.15, 0.2) is 10.2 Å². The molecule has 270 valence electrons. The molecule has 0 spiro atoms. The molecular weight excluding hydrogens is 727 g/mol. The Labute approximate surface area is 318 Å². The second kappa shape index (κ2) is 15.5. The fourth-order valence-electron chi connectivity index (χ4n) is 6.13. The Morgan fingerprint density at radius 2 is 1.04 bits per heavy atom. The SMILES string of the molecule is Cc1ccc(C(c2c[nH]c3ccc(C(=O)NNC(=S)Nc4ccccc4F)cc23)c2c[nH]c3ccc(C(=O)NNC(=S)Nc4ccccc4F)cc23)cc1. The minimum Gasteiger partial charge on any atom is -0.361 e. The number of thiocarbonyl (C=S) groups is 2. The first-order chi connectivity index (χ1) is 26.1. The van der Waals surface area contributed by atoms with Gasteiger partial charge >= 0.3 is 0 Å². The van der Waals surface area contributed by atoms with Crippen LogP contribution in [0.4, 0.5) is 20.2 Å². The summed E-state index contributed by atoms with van der Waals surface area (Å²) < 4.78 is 28.1. The van der Waals surface area contributed by atoms with Crippen molar-refractivity contribution >= 4 is 79.7 Å². The first-order valence-corrected chi connectivity index (χ1v) is 17.5. The lowest BCUT2D eigenvalue weighted by Gasteiger charge is -2.18. The van der Waals surface area contributed by atoms with E-state index in [1.807, 2.05) is 43.6 Å². The number of aromatic nitrogens is 2. The van der Waals surface area contributed by atoms with Gasteiger partial charge in [-0.15, -0.1) is 0 Å². The minimum atomic E-state index is -0.483. The van der Waals surface area contributed by atoms with Gasteiger partial charge < -0.3 is 20.6 Å². The summed E-state index contributed by atoms with van der Waals surface area (Å²) in [5, 5.41) is 7.10. The number of nitrogens with one attached hydrogen (secondary N) is 8. The van der Waals surface area contributed by atoms with Crippen LogP contribution in [0.15, 0.2) is 122 Å². The first kappa shape index (κ1) is 35.7. The van der Waals surface area contributed by atoms with Gasteiger partial charge in [0.2, 0.25) is 0 Å². The summed E-state index contributed by atoms with van der Waals surface area (Å²) in [7, 11) is 0. The molecule has 2 heterocycles. The maximum absolute atomic E-state index is 14.1. The van der Waals surface area contributed by atoms with Crippen molar-refractivity contribution in [3.05, 3.63) is 167 Å². The molecule has 5 aromatic carbocycles. The summed E-state index contributed by atoms with van der Waals surface area (Å²) in [4.78, 5) is 33.3. The van der Waals surface area contributed by atoms with E-state index in [1.165, 1.54) is 24.3 Å². The number of hydrazine groups is 2. The number of anilines is 2. The second-order valence-corrected chi connectivity index (χ2v) is 13.2. The summed E-state index contributed by atoms with van der Waals surface area (Å²) >= 11 is 10.5. The number of rotatable bonds is 7. The highest BCUT2D eigenvalue weighted by molar-refractivity contribution is 7.80. The molecule has 0 radical (unpaired) electrons. The van der Waals surface area contributed by atoms with E-state index in [2.05, 4.69) is 54.4 Å². The lowest BCUT2D eigenvalue weighted by Crippen LogP contribution is -2.43. The largest absolute Gasteiger partial charge is 0.361 e. The molecule has 2 aromatic heterocycles. The number of carbonyl (C=O) groups is 2. The molecule has 2 amide bonds. The van der Waals surface area contributed by atoms with Crippen LogP contribution in [0.3, 0.4) is 0 Å². The molecular formula is C40H32F2N8O2S2. The van der Waals surface area contributed by atoms with Gasteiger partial charge in [0.05, 0.1) is 11.4 Å². The quantitative estimate of drug-likeness (QED) is 0.0613. The van der Waals surface area contributed by atoms with E-state index in [0.717, 1.165) is 44.1 Å². The summed E-state index contributed by atoms with van der Waals surface area (Å²) in [6.07, 6.45) is 3.84. The lowest BCUT2D eigenvalue weighted by molar-refractivity contribution is 0.0936. The molecule has 0 aliphatic heterocycles. The minimum absolute atomic E-state index is 0.0152. The third kappa shape index (κ3) is 7.74. The normalized spacial score (nSPS) is 11.0. The molecule has 0 saturated heterocycles. The molecule has 7 rings (SSSR count). The zero-order chi connectivity index (χ0) is 37.8. The molecule has 0 bridgehead atoms. The standard InChI is InChI=1S/C40H32F2N8O2S2/c1-22-10-12-23(13-11-22)36(28-20-43-32-16-14-24(18-26(28)32)37(51)47-49-39(53)45-34-8-4-2-6-30(34)41)29-21-44-33-17-15-25(19-27(29)33)38(52)48-50-40(54)46-35-9-5-3-7-31(35)42/h2-21,36,43-44H,1H3,(H,47,51)(H,48,52)(H2,45,49,53)(H2,46,50,54). The van der Waals surface area contributed by atoms with Crippen molar-refractivity contribution in [1.82, 2.24) is 31.7 Å². The Morgan fingerprint density at radius 1 is 0.593 bits per heavy atom. The number of carbonyl (C=O) groups excluding carboxylic acids is 2. The van der Waals surface area contributed by atoms with E-state index >= 15 is 0 Å². The molecule has 0 unspecified atom stereocenters. The highest BCUT2D eigenvalue weighted by Gasteiger charge is 2.25. The molecule has 54 heavy (non-hydrogen) atoms. The molecule has 8 N–H and O–H groups in total. The molecule has 0 aliphatic carbocycles. The highest BCUT2D eigenvalue weighted by Crippen LogP contribution is 2.40. The predicted octanol–water partition coefficient (Wildman–Crippen LogP) is 7.68. The number of para-hydroxylation sites is 2. The average Bonchev–Trinajstić information content (AvgIpc) is 3.79. The van der Waals surface area contributed by atoms with Crippen molar-refractivity contribution in [3.63, 3.8) is 0 Å². The summed E-state index contributed by atoms with van der Waals surface area (Å²) in [6, 6.07) is 30.9. The molecule has 0 saturated carbocycles. The summed E-state index contributed by atoms with van der Waals surface area (Å²) in [5.74, 6) is -2.19. The number of hydrogen-bond donors (Lipinski definition) is 8. The van der Waals surface area contributed by atoms with E-state index in [-0.39, 0.29) is 27.5 Å². The van der Waals surface area contributed by atoms with Gasteiger partial charge in [0.25, 0.3) is 11.8 Å². The van der Waals surface area contributed by atoms with E-state index in [1.54, 1.807) is 48.5 Å². The average molecular weight is 759 g/mol. The number of H-pyrrole nitrogens is 2. The third-order valence-electron chi connectivity index (χ3n) is 8.81. The fourth-order valence-corrected chi connectivity index (χ4v) is 6.46. The number of aromatic amines is 2. The number of fused-ring (bicyclic) bond motifs is 2. The van der Waals surface area contributed by atoms with Crippen LogP contribution < -0.4 is 32.3 Å². The molecule has 7 aromatic rings. The Morgan fingerprint density at radius 3 is 1.48 bits per heavy atom. The van der Waals surface area contributed by atoms with Gasteiger partial charge in [-0.2, -0.15) is 0 Å². The predicted molar refractivity (Wildman–Crippen MR) is 215 cm³/mol. The monoisotopic (exact) mass is 758 g/mol. The van der Waals surface area contributed by atoms with E-state index < -0.39 is 23.4 Å². The van der Waals surface area contributed by atoms with Gasteiger partial charge in [-0.1, -0.05) is 54.1 Å². The maximum Gasteiger partial charge on any atom is 0.269 e. The summed E-state index contributed by atoms with van der Waals surface area (Å²) in [6.45, 7) is 2.02. The Bertz CT molecular complexity index is 2400. The van der Waals surface area contributed by atoms with E-state index in [4.69, 9.17) is 24.4 Å². The van der Waals surface area contributed by atoms with Crippen LogP contribution in [-0.2, 0) is 0 Å². The number of amides is 2. The first-order valence-electron chi connectivity index (χ1n) is 16.7. The van der Waals surface area contributed by atoms with E-state index in [0.29, 0.717) is 11.1 Å². The molecule has 0 aliphatic rings. The number of aryl methyl sites for hydroxylation is 1. The van der Waals surface area contributed by atoms with Crippen LogP contribution in [-0.4, -0.2) is 32.0 Å². The zero-order valence-electron chi connectivity index (χ0n) is 28.5. The maximum atomic E-state index is 14.1. The van der Waals surface area contributed by atoms with Gasteiger partial charge in [-0.05, 0) is 109 Å². The van der Waals surface area contributed by atoms with Gasteiger partial charge in [-0.3, -0.25) is 31.3 Å². The number of halogens is 2. The Kier molecular flexibility index (Phi) is 10.3. The molecule has 14 heteroatoms. The zero-order valence-corrected chi connectivity index (χ0v) is 30.1. The highest BCUT2D eigenvalue weighted by atomic mass is 32.1. The van der Waals surface area contributed by atoms with E-state index in [9.17, 15) is 18.4 Å². The van der Waals surface area contributed by atoms with Crippen LogP contribution in [0.25, 0.3) is 21.8 Å². The fraction of sp³-hybridized carbons (Fsp3) is 0.0500. The topological polar surface area (TPSA) is 138 Å². The van der Waals surface area contributed by atoms with Crippen LogP contribution in [0.1, 0.15) is 48.9 Å². The van der Waals surface area contributed by atoms with Gasteiger partial charge in [0.1, 0.15) is 11.6 Å². The van der Waals surface area contributed by atoms with Crippen LogP contribution in [0.2, 0.25) is 0 Å². The number of hydrogen-bond acceptors (Lipinski definition) is 4. The smallest absolute Gasteiger partial charge is 0.269 e. The van der Waals surface area contributed by atoms with Gasteiger partial charge in [-0.25, -0.2) is 8.78 Å². The van der Waals surface area contributed by atoms with Crippen molar-refractivity contribution in [2.45, 2.75) is 12.8 Å². The van der Waals surface area contributed by atoms with Gasteiger partial charge in [0, 0.05) is 51.2 Å². The van der Waals surface area contributed by atoms with Crippen LogP contribution in [0, 0.1) is 18.6 Å². The van der Waals surface area contributed by atoms with Crippen molar-refractivity contribution in [2.75, 3.05) is 10.6 Å². The van der Waals surface area contributed by atoms with Crippen molar-refractivity contribution in [2.24, 2.45) is 0 Å². The summed E-state index contributed by atoms with van der Waals surface area (Å²) in [5.41, 5.74) is 17.0. The molecule has 10 nitrogen and oxygen atoms in total. The molecule has 0 atom stereocenters. The lowest BCUT2D eigenvalue weighted by atomic mass is 9.84. The van der Waals surface area contributed by atoms with Crippen molar-refractivity contribution in [3.8, 4) is 0 Å². The van der Waals surface area contributed by atoms with Crippen LogP contribution in [0.5, 0.6) is 0 Å². The third-order valence-corrected chi connectivity index (χ3v) is 9.22.